The molecule has 0 aliphatic rings. The number of ether oxygens (including phenoxy) is 1. The molecule has 3 aromatic rings. The maximum Gasteiger partial charge on any atom is 0.305 e. The van der Waals surface area contributed by atoms with Crippen LogP contribution in [0.3, 0.4) is 0 Å². The average Bonchev–Trinajstić information content (AvgIpc) is 3.17. The van der Waals surface area contributed by atoms with Gasteiger partial charge in [-0.1, -0.05) is 30.3 Å². The van der Waals surface area contributed by atoms with Crippen LogP contribution in [0, 0.1) is 0 Å². The van der Waals surface area contributed by atoms with Crippen LogP contribution < -0.4 is 0 Å². The molecule has 1 amide bonds. The number of carbonyl (C=O) groups excluding carboxylic acids is 2. The molecule has 0 N–H and O–H groups in total. The Morgan fingerprint density at radius 1 is 1.21 bits per heavy atom. The summed E-state index contributed by atoms with van der Waals surface area (Å²) in [6.07, 6.45) is 2.52. The molecule has 0 radical (unpaired) electrons. The number of amides is 1. The first-order valence-electron chi connectivity index (χ1n) is 9.68. The van der Waals surface area contributed by atoms with Gasteiger partial charge in [-0.2, -0.15) is 5.10 Å². The Balaban J connectivity index is 1.99. The maximum absolute atomic E-state index is 13.2. The third-order valence-corrected chi connectivity index (χ3v) is 4.80. The molecular formula is C22H26N4O3. The fourth-order valence-corrected chi connectivity index (χ4v) is 3.20. The Hall–Kier alpha value is -3.22. The van der Waals surface area contributed by atoms with Crippen LogP contribution in [0.5, 0.6) is 0 Å². The molecule has 3 rings (SSSR count). The number of hydrogen-bond acceptors (Lipinski definition) is 5. The number of nitrogens with zero attached hydrogens (tertiary/aromatic N) is 4. The van der Waals surface area contributed by atoms with Gasteiger partial charge in [-0.15, -0.1) is 0 Å². The molecule has 0 aliphatic heterocycles. The number of hydrogen-bond donors (Lipinski definition) is 0. The molecule has 2 aromatic heterocycles. The number of rotatable bonds is 7. The Morgan fingerprint density at radius 3 is 2.59 bits per heavy atom. The number of fused-ring (bicyclic) bond motifs is 1. The van der Waals surface area contributed by atoms with Gasteiger partial charge in [0.15, 0.2) is 5.65 Å². The topological polar surface area (TPSA) is 77.3 Å². The lowest BCUT2D eigenvalue weighted by molar-refractivity contribution is -0.140. The summed E-state index contributed by atoms with van der Waals surface area (Å²) in [5, 5.41) is 5.18. The molecule has 1 aromatic carbocycles. The summed E-state index contributed by atoms with van der Waals surface area (Å²) in [6.45, 7) is 4.52. The number of pyridine rings is 1. The lowest BCUT2D eigenvalue weighted by Gasteiger charge is -2.18. The highest BCUT2D eigenvalue weighted by Crippen LogP contribution is 2.27. The summed E-state index contributed by atoms with van der Waals surface area (Å²) in [6, 6.07) is 11.7. The predicted molar refractivity (Wildman–Crippen MR) is 112 cm³/mol. The van der Waals surface area contributed by atoms with Gasteiger partial charge in [0.1, 0.15) is 0 Å². The van der Waals surface area contributed by atoms with Crippen molar-refractivity contribution in [2.75, 3.05) is 20.7 Å². The van der Waals surface area contributed by atoms with E-state index in [4.69, 9.17) is 4.98 Å². The largest absolute Gasteiger partial charge is 0.469 e. The molecule has 29 heavy (non-hydrogen) atoms. The quantitative estimate of drug-likeness (QED) is 0.571. The molecule has 0 atom stereocenters. The summed E-state index contributed by atoms with van der Waals surface area (Å²) in [5.41, 5.74) is 2.91. The van der Waals surface area contributed by atoms with Crippen molar-refractivity contribution in [3.05, 3.63) is 48.2 Å². The van der Waals surface area contributed by atoms with Gasteiger partial charge in [0, 0.05) is 31.6 Å². The first kappa shape index (κ1) is 20.5. The number of methoxy groups -OCH3 is 1. The third kappa shape index (κ3) is 4.45. The van der Waals surface area contributed by atoms with Crippen LogP contribution in [-0.4, -0.2) is 52.2 Å². The molecule has 0 spiro atoms. The second-order valence-corrected chi connectivity index (χ2v) is 7.25. The number of benzene rings is 1. The van der Waals surface area contributed by atoms with E-state index in [1.54, 1.807) is 18.1 Å². The van der Waals surface area contributed by atoms with Gasteiger partial charge in [-0.25, -0.2) is 9.67 Å². The normalized spacial score (nSPS) is 11.1. The Morgan fingerprint density at radius 2 is 1.93 bits per heavy atom. The Kier molecular flexibility index (Phi) is 6.26. The molecule has 0 bridgehead atoms. The van der Waals surface area contributed by atoms with E-state index < -0.39 is 0 Å². The zero-order chi connectivity index (χ0) is 21.0. The van der Waals surface area contributed by atoms with Crippen molar-refractivity contribution in [1.82, 2.24) is 19.7 Å². The highest BCUT2D eigenvalue weighted by molar-refractivity contribution is 6.06. The number of esters is 1. The molecule has 0 unspecified atom stereocenters. The maximum atomic E-state index is 13.2. The zero-order valence-corrected chi connectivity index (χ0v) is 17.3. The third-order valence-electron chi connectivity index (χ3n) is 4.80. The summed E-state index contributed by atoms with van der Waals surface area (Å²) in [5.74, 6) is -0.399. The fourth-order valence-electron chi connectivity index (χ4n) is 3.20. The smallest absolute Gasteiger partial charge is 0.305 e. The standard InChI is InChI=1S/C22H26N4O3/c1-15(2)26-21-18(14-23-26)17(13-19(24-21)16-9-6-5-7-10-16)22(28)25(3)12-8-11-20(27)29-4/h5-7,9-10,13-15H,8,11-12H2,1-4H3. The van der Waals surface area contributed by atoms with E-state index in [0.29, 0.717) is 24.2 Å². The lowest BCUT2D eigenvalue weighted by Crippen LogP contribution is -2.28. The van der Waals surface area contributed by atoms with E-state index in [2.05, 4.69) is 9.84 Å². The molecule has 0 saturated heterocycles. The van der Waals surface area contributed by atoms with E-state index in [1.165, 1.54) is 7.11 Å². The van der Waals surface area contributed by atoms with Gasteiger partial charge in [0.05, 0.1) is 30.0 Å². The molecule has 0 saturated carbocycles. The molecular weight excluding hydrogens is 368 g/mol. The second-order valence-electron chi connectivity index (χ2n) is 7.25. The van der Waals surface area contributed by atoms with Gasteiger partial charge >= 0.3 is 5.97 Å². The lowest BCUT2D eigenvalue weighted by atomic mass is 10.1. The summed E-state index contributed by atoms with van der Waals surface area (Å²) >= 11 is 0. The van der Waals surface area contributed by atoms with E-state index in [9.17, 15) is 9.59 Å². The summed E-state index contributed by atoms with van der Waals surface area (Å²) in [4.78, 5) is 31.0. The first-order chi connectivity index (χ1) is 13.9. The van der Waals surface area contributed by atoms with Crippen LogP contribution in [0.15, 0.2) is 42.6 Å². The van der Waals surface area contributed by atoms with Crippen molar-refractivity contribution in [3.63, 3.8) is 0 Å². The van der Waals surface area contributed by atoms with Gasteiger partial charge in [0.2, 0.25) is 0 Å². The molecule has 2 heterocycles. The Labute approximate surface area is 170 Å². The van der Waals surface area contributed by atoms with Crippen LogP contribution in [-0.2, 0) is 9.53 Å². The zero-order valence-electron chi connectivity index (χ0n) is 17.3. The van der Waals surface area contributed by atoms with E-state index in [-0.39, 0.29) is 24.3 Å². The molecule has 0 aliphatic carbocycles. The van der Waals surface area contributed by atoms with E-state index >= 15 is 0 Å². The van der Waals surface area contributed by atoms with Crippen LogP contribution in [0.25, 0.3) is 22.3 Å². The molecule has 7 nitrogen and oxygen atoms in total. The van der Waals surface area contributed by atoms with Gasteiger partial charge < -0.3 is 9.64 Å². The number of aromatic nitrogens is 3. The minimum Gasteiger partial charge on any atom is -0.469 e. The molecule has 7 heteroatoms. The van der Waals surface area contributed by atoms with Crippen molar-refractivity contribution < 1.29 is 14.3 Å². The first-order valence-corrected chi connectivity index (χ1v) is 9.68. The van der Waals surface area contributed by atoms with Crippen molar-refractivity contribution >= 4 is 22.9 Å². The predicted octanol–water partition coefficient (Wildman–Crippen LogP) is 3.70. The van der Waals surface area contributed by atoms with Crippen molar-refractivity contribution in [2.24, 2.45) is 0 Å². The minimum atomic E-state index is -0.276. The van der Waals surface area contributed by atoms with Crippen LogP contribution in [0.1, 0.15) is 43.1 Å². The fraction of sp³-hybridized carbons (Fsp3) is 0.364. The number of carbonyl (C=O) groups is 2. The van der Waals surface area contributed by atoms with Crippen LogP contribution in [0.2, 0.25) is 0 Å². The van der Waals surface area contributed by atoms with Crippen molar-refractivity contribution in [1.29, 1.82) is 0 Å². The molecule has 152 valence electrons. The minimum absolute atomic E-state index is 0.117. The van der Waals surface area contributed by atoms with Crippen molar-refractivity contribution in [3.8, 4) is 11.3 Å². The highest BCUT2D eigenvalue weighted by Gasteiger charge is 2.21. The van der Waals surface area contributed by atoms with Gasteiger partial charge in [-0.3, -0.25) is 9.59 Å². The van der Waals surface area contributed by atoms with Crippen molar-refractivity contribution in [2.45, 2.75) is 32.7 Å². The van der Waals surface area contributed by atoms with Gasteiger partial charge in [0.25, 0.3) is 5.91 Å². The molecule has 0 fully saturated rings. The summed E-state index contributed by atoms with van der Waals surface area (Å²) < 4.78 is 6.49. The summed E-state index contributed by atoms with van der Waals surface area (Å²) in [7, 11) is 3.10. The van der Waals surface area contributed by atoms with Crippen LogP contribution >= 0.6 is 0 Å². The Bertz CT molecular complexity index is 1010. The average molecular weight is 394 g/mol. The second kappa shape index (κ2) is 8.86. The monoisotopic (exact) mass is 394 g/mol. The highest BCUT2D eigenvalue weighted by atomic mass is 16.5. The van der Waals surface area contributed by atoms with E-state index in [0.717, 1.165) is 16.6 Å². The van der Waals surface area contributed by atoms with Gasteiger partial charge in [-0.05, 0) is 26.3 Å². The van der Waals surface area contributed by atoms with E-state index in [1.807, 2.05) is 54.9 Å². The SMILES string of the molecule is COC(=O)CCCN(C)C(=O)c1cc(-c2ccccc2)nc2c1cnn2C(C)C. The van der Waals surface area contributed by atoms with Crippen LogP contribution in [0.4, 0.5) is 0 Å².